The first-order valence-corrected chi connectivity index (χ1v) is 8.26. The van der Waals surface area contributed by atoms with Gasteiger partial charge < -0.3 is 20.2 Å². The Balaban J connectivity index is 1.66. The molecule has 1 heterocycles. The van der Waals surface area contributed by atoms with E-state index in [2.05, 4.69) is 36.1 Å². The smallest absolute Gasteiger partial charge is 0.0611 e. The molecular formula is C16H33N3O. The van der Waals surface area contributed by atoms with E-state index in [0.29, 0.717) is 6.04 Å². The van der Waals surface area contributed by atoms with E-state index >= 15 is 0 Å². The van der Waals surface area contributed by atoms with Crippen LogP contribution < -0.4 is 5.32 Å². The first kappa shape index (κ1) is 16.2. The van der Waals surface area contributed by atoms with Gasteiger partial charge in [-0.2, -0.15) is 0 Å². The Bertz CT molecular complexity index is 285. The minimum Gasteiger partial charge on any atom is -0.394 e. The Morgan fingerprint density at radius 1 is 1.20 bits per heavy atom. The minimum absolute atomic E-state index is 0.0817. The molecule has 20 heavy (non-hydrogen) atoms. The summed E-state index contributed by atoms with van der Waals surface area (Å²) >= 11 is 0. The van der Waals surface area contributed by atoms with Crippen molar-refractivity contribution in [3.05, 3.63) is 0 Å². The third kappa shape index (κ3) is 5.32. The molecule has 4 nitrogen and oxygen atoms in total. The van der Waals surface area contributed by atoms with Crippen molar-refractivity contribution < 1.29 is 5.11 Å². The van der Waals surface area contributed by atoms with Crippen LogP contribution >= 0.6 is 0 Å². The van der Waals surface area contributed by atoms with Gasteiger partial charge in [-0.3, -0.25) is 0 Å². The van der Waals surface area contributed by atoms with Crippen LogP contribution in [0.4, 0.5) is 0 Å². The van der Waals surface area contributed by atoms with Crippen LogP contribution in [0.3, 0.4) is 0 Å². The lowest BCUT2D eigenvalue weighted by molar-refractivity contribution is 0.120. The van der Waals surface area contributed by atoms with E-state index in [1.807, 2.05) is 0 Å². The largest absolute Gasteiger partial charge is 0.394 e. The molecule has 0 spiro atoms. The quantitative estimate of drug-likeness (QED) is 0.701. The molecule has 2 N–H and O–H groups in total. The number of aliphatic hydroxyl groups excluding tert-OH is 1. The van der Waals surface area contributed by atoms with Crippen molar-refractivity contribution in [3.63, 3.8) is 0 Å². The molecule has 1 saturated heterocycles. The van der Waals surface area contributed by atoms with Gasteiger partial charge in [0.1, 0.15) is 0 Å². The summed E-state index contributed by atoms with van der Waals surface area (Å²) < 4.78 is 0. The van der Waals surface area contributed by atoms with Crippen molar-refractivity contribution in [1.29, 1.82) is 0 Å². The third-order valence-corrected chi connectivity index (χ3v) is 4.79. The maximum absolute atomic E-state index is 9.65. The van der Waals surface area contributed by atoms with Gasteiger partial charge in [0.05, 0.1) is 6.61 Å². The maximum atomic E-state index is 9.65. The zero-order chi connectivity index (χ0) is 14.6. The zero-order valence-corrected chi connectivity index (χ0v) is 13.6. The fourth-order valence-electron chi connectivity index (χ4n) is 3.23. The molecule has 1 aliphatic carbocycles. The topological polar surface area (TPSA) is 38.7 Å². The molecule has 0 aromatic carbocycles. The van der Waals surface area contributed by atoms with Crippen LogP contribution in [0.15, 0.2) is 0 Å². The number of likely N-dealkylation sites (tertiary alicyclic amines) is 1. The van der Waals surface area contributed by atoms with Gasteiger partial charge in [-0.1, -0.05) is 0 Å². The lowest BCUT2D eigenvalue weighted by Gasteiger charge is -2.36. The Morgan fingerprint density at radius 3 is 2.35 bits per heavy atom. The molecule has 2 aliphatic rings. The van der Waals surface area contributed by atoms with Crippen molar-refractivity contribution in [2.75, 3.05) is 46.9 Å². The lowest BCUT2D eigenvalue weighted by Crippen LogP contribution is -2.49. The second-order valence-corrected chi connectivity index (χ2v) is 7.43. The van der Waals surface area contributed by atoms with Gasteiger partial charge >= 0.3 is 0 Å². The number of aliphatic hydroxyl groups is 1. The van der Waals surface area contributed by atoms with Crippen LogP contribution in [0.1, 0.15) is 39.0 Å². The Labute approximate surface area is 124 Å². The molecule has 118 valence electrons. The summed E-state index contributed by atoms with van der Waals surface area (Å²) in [5.74, 6) is 0.870. The fourth-order valence-corrected chi connectivity index (χ4v) is 3.23. The van der Waals surface area contributed by atoms with Crippen LogP contribution in [-0.4, -0.2) is 73.4 Å². The fraction of sp³-hybridized carbons (Fsp3) is 1.00. The summed E-state index contributed by atoms with van der Waals surface area (Å²) in [5, 5.41) is 13.3. The van der Waals surface area contributed by atoms with E-state index in [-0.39, 0.29) is 12.1 Å². The summed E-state index contributed by atoms with van der Waals surface area (Å²) in [4.78, 5) is 4.89. The lowest BCUT2D eigenvalue weighted by atomic mass is 9.94. The summed E-state index contributed by atoms with van der Waals surface area (Å²) in [6, 6.07) is 0.665. The molecule has 0 bridgehead atoms. The monoisotopic (exact) mass is 283 g/mol. The highest BCUT2D eigenvalue weighted by molar-refractivity contribution is 4.93. The van der Waals surface area contributed by atoms with Gasteiger partial charge in [0, 0.05) is 18.1 Å². The third-order valence-electron chi connectivity index (χ3n) is 4.79. The molecule has 0 aromatic heterocycles. The Hall–Kier alpha value is -0.160. The van der Waals surface area contributed by atoms with Crippen molar-refractivity contribution in [2.24, 2.45) is 5.92 Å². The second-order valence-electron chi connectivity index (χ2n) is 7.43. The molecule has 1 unspecified atom stereocenters. The second kappa shape index (κ2) is 7.21. The molecule has 2 rings (SSSR count). The van der Waals surface area contributed by atoms with Crippen molar-refractivity contribution in [2.45, 2.75) is 50.6 Å². The SMILES string of the molecule is CN(C)CC1CCN(CCC(C)(CO)NC2CC2)CC1. The average Bonchev–Trinajstić information content (AvgIpc) is 3.21. The highest BCUT2D eigenvalue weighted by Crippen LogP contribution is 2.25. The van der Waals surface area contributed by atoms with Gasteiger partial charge in [0.2, 0.25) is 0 Å². The van der Waals surface area contributed by atoms with E-state index in [1.165, 1.54) is 45.3 Å². The predicted octanol–water partition coefficient (Wildman–Crippen LogP) is 1.15. The van der Waals surface area contributed by atoms with Gasteiger partial charge in [-0.25, -0.2) is 0 Å². The van der Waals surface area contributed by atoms with Crippen LogP contribution in [0.5, 0.6) is 0 Å². The van der Waals surface area contributed by atoms with Crippen molar-refractivity contribution in [1.82, 2.24) is 15.1 Å². The summed E-state index contributed by atoms with van der Waals surface area (Å²) in [5.41, 5.74) is -0.0817. The molecule has 0 aromatic rings. The van der Waals surface area contributed by atoms with E-state index in [4.69, 9.17) is 0 Å². The summed E-state index contributed by atoms with van der Waals surface area (Å²) in [6.07, 6.45) is 6.27. The Morgan fingerprint density at radius 2 is 1.85 bits per heavy atom. The molecule has 0 radical (unpaired) electrons. The minimum atomic E-state index is -0.0817. The molecule has 1 aliphatic heterocycles. The number of rotatable bonds is 8. The van der Waals surface area contributed by atoms with Gasteiger partial charge in [0.25, 0.3) is 0 Å². The summed E-state index contributed by atoms with van der Waals surface area (Å²) in [6.45, 7) is 7.22. The van der Waals surface area contributed by atoms with E-state index in [1.54, 1.807) is 0 Å². The predicted molar refractivity (Wildman–Crippen MR) is 84.0 cm³/mol. The molecule has 4 heteroatoms. The van der Waals surface area contributed by atoms with Crippen molar-refractivity contribution in [3.8, 4) is 0 Å². The van der Waals surface area contributed by atoms with Gasteiger partial charge in [-0.05, 0) is 78.7 Å². The molecule has 1 saturated carbocycles. The first-order valence-electron chi connectivity index (χ1n) is 8.26. The highest BCUT2D eigenvalue weighted by atomic mass is 16.3. The van der Waals surface area contributed by atoms with E-state index in [9.17, 15) is 5.11 Å². The van der Waals surface area contributed by atoms with E-state index in [0.717, 1.165) is 18.9 Å². The summed E-state index contributed by atoms with van der Waals surface area (Å²) in [7, 11) is 4.34. The van der Waals surface area contributed by atoms with Crippen LogP contribution in [0, 0.1) is 5.92 Å². The standard InChI is InChI=1S/C16H33N3O/c1-16(13-20,17-15-4-5-15)8-11-19-9-6-14(7-10-19)12-18(2)3/h14-15,17,20H,4-13H2,1-3H3. The number of nitrogens with one attached hydrogen (secondary N) is 1. The maximum Gasteiger partial charge on any atom is 0.0611 e. The number of piperidine rings is 1. The first-order chi connectivity index (χ1) is 9.50. The number of nitrogens with zero attached hydrogens (tertiary/aromatic N) is 2. The van der Waals surface area contributed by atoms with Crippen LogP contribution in [0.25, 0.3) is 0 Å². The van der Waals surface area contributed by atoms with Crippen LogP contribution in [-0.2, 0) is 0 Å². The average molecular weight is 283 g/mol. The van der Waals surface area contributed by atoms with Crippen molar-refractivity contribution >= 4 is 0 Å². The van der Waals surface area contributed by atoms with Gasteiger partial charge in [-0.15, -0.1) is 0 Å². The molecule has 1 atom stereocenters. The zero-order valence-electron chi connectivity index (χ0n) is 13.6. The molecule has 0 amide bonds. The highest BCUT2D eigenvalue weighted by Gasteiger charge is 2.32. The molecule has 2 fully saturated rings. The number of hydrogen-bond donors (Lipinski definition) is 2. The number of hydrogen-bond acceptors (Lipinski definition) is 4. The Kier molecular flexibility index (Phi) is 5.84. The van der Waals surface area contributed by atoms with Gasteiger partial charge in [0.15, 0.2) is 0 Å². The molecular weight excluding hydrogens is 250 g/mol. The normalized spacial score (nSPS) is 25.1. The van der Waals surface area contributed by atoms with E-state index < -0.39 is 0 Å². The van der Waals surface area contributed by atoms with Crippen LogP contribution in [0.2, 0.25) is 0 Å².